The fraction of sp³-hybridized carbons (Fsp3) is 0.0909. The zero-order chi connectivity index (χ0) is 62.8. The van der Waals surface area contributed by atoms with Crippen molar-refractivity contribution in [3.8, 4) is 44.5 Å². The molecule has 0 atom stereocenters. The normalized spacial score (nSPS) is 13.7. The Morgan fingerprint density at radius 1 is 0.511 bits per heavy atom. The van der Waals surface area contributed by atoms with E-state index in [-0.39, 0.29) is 30.3 Å². The average Bonchev–Trinajstić information content (AvgIpc) is 1.64. The van der Waals surface area contributed by atoms with Crippen LogP contribution in [-0.2, 0) is 28.0 Å². The lowest BCUT2D eigenvalue weighted by Gasteiger charge is -2.15. The third kappa shape index (κ3) is 10.9. The van der Waals surface area contributed by atoms with Gasteiger partial charge in [-0.1, -0.05) is 117 Å². The molecule has 0 spiro atoms. The van der Waals surface area contributed by atoms with E-state index in [9.17, 15) is 19.2 Å². The van der Waals surface area contributed by atoms with Crippen molar-refractivity contribution in [2.75, 3.05) is 13.1 Å². The number of nitrogens with one attached hydrogen (secondary N) is 6. The third-order valence-corrected chi connectivity index (χ3v) is 17.5. The van der Waals surface area contributed by atoms with Gasteiger partial charge in [0.15, 0.2) is 0 Å². The Balaban J connectivity index is 0.756. The molecular weight excluding hydrogens is 1140 g/mol. The van der Waals surface area contributed by atoms with Gasteiger partial charge in [-0.3, -0.25) is 29.1 Å². The maximum Gasteiger partial charge on any atom is 0.253 e. The van der Waals surface area contributed by atoms with Gasteiger partial charge in [-0.25, -0.2) is 4.98 Å². The smallest absolute Gasteiger partial charge is 0.253 e. The van der Waals surface area contributed by atoms with Crippen LogP contribution in [0.4, 0.5) is 0 Å². The number of fused-ring (bicyclic) bond motifs is 16. The molecule has 0 saturated heterocycles. The summed E-state index contributed by atoms with van der Waals surface area (Å²) in [5.41, 5.74) is 23.3. The number of aromatic amines is 4. The van der Waals surface area contributed by atoms with E-state index < -0.39 is 11.8 Å². The SMILES string of the molecule is [CH2-][n+]1c2cc3ccc(cc4[n+]([CH2-])c(c(-c5ccc(C(=O)NCc6ccc(-c7cc8[nH]c7cc7nc(cc9cc(-c%10ccccc%10)c(cc%10nc(c8-c8ccc(C(=O)NCCN%11C(=O)C=CC%11=O)cc8)C=C%10)[nH]9)C(C)(C)C7)cc6)cc5)c5ccc(cc1C=C2)[nH]5)C=C4)[nH]3. The largest absolute Gasteiger partial charge is 0.357 e. The van der Waals surface area contributed by atoms with Crippen molar-refractivity contribution < 1.29 is 28.3 Å². The first-order chi connectivity index (χ1) is 44.7. The predicted octanol–water partition coefficient (Wildman–Crippen LogP) is 13.3. The van der Waals surface area contributed by atoms with E-state index in [1.165, 1.54) is 12.2 Å². The van der Waals surface area contributed by atoms with Gasteiger partial charge in [0.1, 0.15) is 22.8 Å². The van der Waals surface area contributed by atoms with Gasteiger partial charge in [0.2, 0.25) is 0 Å². The van der Waals surface area contributed by atoms with Crippen molar-refractivity contribution in [2.45, 2.75) is 32.2 Å². The van der Waals surface area contributed by atoms with Gasteiger partial charge >= 0.3 is 0 Å². The molecule has 5 aliphatic heterocycles. The summed E-state index contributed by atoms with van der Waals surface area (Å²) >= 11 is 0. The standard InChI is InChI=1S/C77H61N11O4/c1-77(2)44-58-41-67-63(48-12-10-46(11-13-48)45-79-76(92)52-20-16-50(17-21-52)74-65-30-24-55(81-65)38-60-27-26-59(86(60)3)36-53-22-23-54(80-53)37-61-28-31-69(74)87(61)4)43-68(85-67)73(49-14-18-51(19-15-49)75(91)78-34-35-88-71(89)32-33-72(88)90)64-29-25-56(82-64)40-66-62(47-8-6-5-7-9-47)39-57(83-66)42-70(77)84-58/h5-33,36-43,80-81,83,85H,3-4,34-35,44-45H2,1-2H3,(H,78,91)(H,79,92). The number of H-pyrrole nitrogens is 4. The summed E-state index contributed by atoms with van der Waals surface area (Å²) in [6, 6.07) is 58.7. The van der Waals surface area contributed by atoms with E-state index in [1.807, 2.05) is 88.0 Å². The van der Waals surface area contributed by atoms with Crippen molar-refractivity contribution in [1.82, 2.24) is 45.4 Å². The van der Waals surface area contributed by atoms with Gasteiger partial charge in [-0.2, -0.15) is 0 Å². The Kier molecular flexibility index (Phi) is 14.0. The molecule has 10 aromatic rings. The third-order valence-electron chi connectivity index (χ3n) is 17.5. The number of benzene rings is 4. The summed E-state index contributed by atoms with van der Waals surface area (Å²) in [4.78, 5) is 78.2. The zero-order valence-corrected chi connectivity index (χ0v) is 50.5. The number of hydrogen-bond donors (Lipinski definition) is 6. The highest BCUT2D eigenvalue weighted by Crippen LogP contribution is 2.38. The van der Waals surface area contributed by atoms with Gasteiger partial charge in [0.05, 0.1) is 11.4 Å². The lowest BCUT2D eigenvalue weighted by Crippen LogP contribution is -2.38. The van der Waals surface area contributed by atoms with Crippen molar-refractivity contribution in [1.29, 1.82) is 0 Å². The van der Waals surface area contributed by atoms with Crippen LogP contribution in [0.5, 0.6) is 0 Å². The van der Waals surface area contributed by atoms with E-state index in [1.54, 1.807) is 12.1 Å². The van der Waals surface area contributed by atoms with E-state index >= 15 is 0 Å². The number of imide groups is 1. The number of rotatable bonds is 11. The second-order valence-corrected chi connectivity index (χ2v) is 24.2. The summed E-state index contributed by atoms with van der Waals surface area (Å²) in [5, 5.41) is 6.02. The number of amides is 4. The molecule has 448 valence electrons. The topological polar surface area (TPSA) is 192 Å². The van der Waals surface area contributed by atoms with Crippen LogP contribution in [0.1, 0.15) is 85.7 Å². The highest BCUT2D eigenvalue weighted by Gasteiger charge is 2.29. The van der Waals surface area contributed by atoms with Crippen LogP contribution in [0, 0.1) is 14.1 Å². The molecule has 0 radical (unpaired) electrons. The molecule has 0 unspecified atom stereocenters. The second-order valence-electron chi connectivity index (χ2n) is 24.2. The summed E-state index contributed by atoms with van der Waals surface area (Å²) in [6.07, 6.45) is 15.4. The van der Waals surface area contributed by atoms with E-state index in [0.29, 0.717) is 29.8 Å². The average molecular weight is 1200 g/mol. The van der Waals surface area contributed by atoms with Crippen molar-refractivity contribution in [3.63, 3.8) is 0 Å². The van der Waals surface area contributed by atoms with Gasteiger partial charge in [-0.15, -0.1) is 0 Å². The Morgan fingerprint density at radius 2 is 1.10 bits per heavy atom. The predicted molar refractivity (Wildman–Crippen MR) is 363 cm³/mol. The van der Waals surface area contributed by atoms with Crippen LogP contribution < -0.4 is 19.8 Å². The molecule has 92 heavy (non-hydrogen) atoms. The molecule has 5 aliphatic rings. The molecule has 15 rings (SSSR count). The van der Waals surface area contributed by atoms with Crippen LogP contribution in [0.25, 0.3) is 125 Å². The quantitative estimate of drug-likeness (QED) is 0.0424. The van der Waals surface area contributed by atoms with E-state index in [0.717, 1.165) is 139 Å². The Morgan fingerprint density at radius 3 is 1.80 bits per heavy atom. The van der Waals surface area contributed by atoms with Crippen LogP contribution in [0.15, 0.2) is 188 Å². The first kappa shape index (κ1) is 56.4. The molecule has 4 amide bonds. The molecule has 15 heteroatoms. The van der Waals surface area contributed by atoms with Crippen molar-refractivity contribution in [3.05, 3.63) is 264 Å². The van der Waals surface area contributed by atoms with E-state index in [4.69, 9.17) is 9.97 Å². The summed E-state index contributed by atoms with van der Waals surface area (Å²) in [7, 11) is 8.81. The Labute approximate surface area is 529 Å². The first-order valence-corrected chi connectivity index (χ1v) is 30.5. The van der Waals surface area contributed by atoms with Crippen LogP contribution in [-0.4, -0.2) is 71.5 Å². The number of nitrogens with zero attached hydrogens (tertiary/aromatic N) is 5. The fourth-order valence-electron chi connectivity index (χ4n) is 12.6. The Bertz CT molecular complexity index is 5210. The van der Waals surface area contributed by atoms with Crippen molar-refractivity contribution >= 4 is 104 Å². The molecule has 0 fully saturated rings. The Hall–Kier alpha value is -12.1. The molecular formula is C77H61N11O4. The summed E-state index contributed by atoms with van der Waals surface area (Å²) in [6.45, 7) is 4.91. The maximum absolute atomic E-state index is 14.0. The monoisotopic (exact) mass is 1200 g/mol. The van der Waals surface area contributed by atoms with Gasteiger partial charge in [-0.05, 0) is 137 Å². The fourth-order valence-corrected chi connectivity index (χ4v) is 12.6. The molecule has 11 heterocycles. The minimum atomic E-state index is -0.400. The molecule has 4 aromatic carbocycles. The molecule has 0 saturated carbocycles. The van der Waals surface area contributed by atoms with Gasteiger partial charge in [0, 0.05) is 147 Å². The van der Waals surface area contributed by atoms with Gasteiger partial charge < -0.3 is 39.7 Å². The van der Waals surface area contributed by atoms with Crippen LogP contribution in [0.2, 0.25) is 0 Å². The highest BCUT2D eigenvalue weighted by atomic mass is 16.2. The van der Waals surface area contributed by atoms with Crippen LogP contribution in [0.3, 0.4) is 0 Å². The summed E-state index contributed by atoms with van der Waals surface area (Å²) in [5.74, 6) is -1.34. The number of hydrogen-bond acceptors (Lipinski definition) is 6. The summed E-state index contributed by atoms with van der Waals surface area (Å²) < 4.78 is 3.86. The highest BCUT2D eigenvalue weighted by molar-refractivity contribution is 6.13. The minimum Gasteiger partial charge on any atom is -0.357 e. The molecule has 0 aliphatic carbocycles. The second kappa shape index (κ2) is 22.8. The molecule has 15 nitrogen and oxygen atoms in total. The maximum atomic E-state index is 14.0. The minimum absolute atomic E-state index is 0.0624. The molecule has 6 aromatic heterocycles. The lowest BCUT2D eigenvalue weighted by molar-refractivity contribution is -0.613. The number of aromatic nitrogens is 8. The zero-order valence-electron chi connectivity index (χ0n) is 50.5. The van der Waals surface area contributed by atoms with E-state index in [2.05, 4.69) is 180 Å². The number of carbonyl (C=O) groups is 4. The van der Waals surface area contributed by atoms with Crippen molar-refractivity contribution in [2.24, 2.45) is 0 Å². The van der Waals surface area contributed by atoms with Gasteiger partial charge in [0.25, 0.3) is 23.6 Å². The van der Waals surface area contributed by atoms with Crippen LogP contribution >= 0.6 is 0 Å². The molecule has 6 N–H and O–H groups in total. The number of carbonyl (C=O) groups excluding carboxylic acids is 4. The lowest BCUT2D eigenvalue weighted by atomic mass is 9.87. The molecule has 16 bridgehead atoms. The first-order valence-electron chi connectivity index (χ1n) is 30.5.